The van der Waals surface area contributed by atoms with E-state index in [0.29, 0.717) is 5.16 Å². The fourth-order valence-electron chi connectivity index (χ4n) is 4.56. The molecule has 7 nitrogen and oxygen atoms in total. The molecule has 0 spiro atoms. The molecule has 1 saturated carbocycles. The number of aliphatic hydroxyl groups excluding tert-OH is 1. The van der Waals surface area contributed by atoms with Crippen LogP contribution in [0.25, 0.3) is 20.8 Å². The number of para-hydroxylation sites is 1. The highest BCUT2D eigenvalue weighted by atomic mass is 32.2. The molecule has 4 atom stereocenters. The van der Waals surface area contributed by atoms with E-state index < -0.39 is 5.79 Å². The number of hydrogen-bond acceptors (Lipinski definition) is 9. The molecule has 2 fully saturated rings. The van der Waals surface area contributed by atoms with Crippen molar-refractivity contribution in [1.29, 1.82) is 0 Å². The Morgan fingerprint density at radius 1 is 1.19 bits per heavy atom. The van der Waals surface area contributed by atoms with Gasteiger partial charge < -0.3 is 19.9 Å². The lowest BCUT2D eigenvalue weighted by Crippen LogP contribution is -2.35. The summed E-state index contributed by atoms with van der Waals surface area (Å²) in [6.07, 6.45) is 2.44. The molecule has 3 aromatic rings. The minimum Gasteiger partial charge on any atom is -0.396 e. The van der Waals surface area contributed by atoms with Gasteiger partial charge in [-0.2, -0.15) is 0 Å². The minimum absolute atomic E-state index is 0.0260. The summed E-state index contributed by atoms with van der Waals surface area (Å²) in [6, 6.07) is 8.10. The van der Waals surface area contributed by atoms with E-state index in [0.717, 1.165) is 38.7 Å². The number of hydrogen-bond donors (Lipinski definition) is 2. The van der Waals surface area contributed by atoms with E-state index in [-0.39, 0.29) is 30.8 Å². The zero-order valence-corrected chi connectivity index (χ0v) is 19.6. The van der Waals surface area contributed by atoms with Gasteiger partial charge in [-0.3, -0.25) is 0 Å². The zero-order valence-electron chi connectivity index (χ0n) is 18.0. The second kappa shape index (κ2) is 7.97. The number of benzene rings is 1. The first-order valence-corrected chi connectivity index (χ1v) is 12.4. The highest BCUT2D eigenvalue weighted by Gasteiger charge is 2.54. The average Bonchev–Trinajstić information content (AvgIpc) is 3.38. The molecule has 1 aromatic carbocycles. The van der Waals surface area contributed by atoms with Gasteiger partial charge in [0.2, 0.25) is 0 Å². The van der Waals surface area contributed by atoms with E-state index in [1.165, 1.54) is 11.8 Å². The fourth-order valence-corrected chi connectivity index (χ4v) is 6.03. The first-order valence-electron chi connectivity index (χ1n) is 10.4. The number of rotatable bonds is 5. The SMILES string of the molecule is CSc1nc(C)c(-c2nc3ccccc3s2)c(N[C@@H]2C[C@H](CO)[C@H]3OC(C)(C)O[C@H]32)n1. The highest BCUT2D eigenvalue weighted by molar-refractivity contribution is 7.98. The number of thiazole rings is 1. The maximum absolute atomic E-state index is 9.91. The van der Waals surface area contributed by atoms with E-state index >= 15 is 0 Å². The zero-order chi connectivity index (χ0) is 21.8. The molecule has 2 aromatic heterocycles. The maximum atomic E-state index is 9.91. The van der Waals surface area contributed by atoms with E-state index in [4.69, 9.17) is 19.4 Å². The Labute approximate surface area is 189 Å². The van der Waals surface area contributed by atoms with Crippen molar-refractivity contribution < 1.29 is 14.6 Å². The number of aryl methyl sites for hydroxylation is 1. The Morgan fingerprint density at radius 2 is 1.97 bits per heavy atom. The Kier molecular flexibility index (Phi) is 5.42. The van der Waals surface area contributed by atoms with Gasteiger partial charge in [0, 0.05) is 12.5 Å². The number of ether oxygens (including phenoxy) is 2. The van der Waals surface area contributed by atoms with Crippen molar-refractivity contribution in [2.45, 2.75) is 56.4 Å². The lowest BCUT2D eigenvalue weighted by molar-refractivity contribution is -0.158. The Hall–Kier alpha value is -1.78. The Morgan fingerprint density at radius 3 is 2.71 bits per heavy atom. The number of thioether (sulfide) groups is 1. The van der Waals surface area contributed by atoms with E-state index in [1.807, 2.05) is 45.2 Å². The van der Waals surface area contributed by atoms with Gasteiger partial charge in [-0.25, -0.2) is 15.0 Å². The fraction of sp³-hybridized carbons (Fsp3) is 0.500. The van der Waals surface area contributed by atoms with Crippen LogP contribution in [0.4, 0.5) is 5.82 Å². The quantitative estimate of drug-likeness (QED) is 0.436. The van der Waals surface area contributed by atoms with Gasteiger partial charge in [-0.05, 0) is 45.6 Å². The minimum atomic E-state index is -0.662. The molecule has 2 N–H and O–H groups in total. The second-order valence-corrected chi connectivity index (χ2v) is 10.3. The predicted molar refractivity (Wildman–Crippen MR) is 124 cm³/mol. The van der Waals surface area contributed by atoms with E-state index in [1.54, 1.807) is 11.3 Å². The third-order valence-electron chi connectivity index (χ3n) is 5.90. The molecule has 0 radical (unpaired) electrons. The van der Waals surface area contributed by atoms with Gasteiger partial charge >= 0.3 is 0 Å². The van der Waals surface area contributed by atoms with Gasteiger partial charge in [0.1, 0.15) is 16.9 Å². The predicted octanol–water partition coefficient (Wildman–Crippen LogP) is 4.10. The molecule has 0 bridgehead atoms. The number of fused-ring (bicyclic) bond motifs is 2. The first-order chi connectivity index (χ1) is 14.9. The molecule has 164 valence electrons. The molecule has 0 unspecified atom stereocenters. The lowest BCUT2D eigenvalue weighted by Gasteiger charge is -2.24. The number of aromatic nitrogens is 3. The third kappa shape index (κ3) is 3.82. The van der Waals surface area contributed by atoms with Crippen molar-refractivity contribution in [1.82, 2.24) is 15.0 Å². The maximum Gasteiger partial charge on any atom is 0.189 e. The molecule has 0 amide bonds. The monoisotopic (exact) mass is 458 g/mol. The van der Waals surface area contributed by atoms with Crippen molar-refractivity contribution in [3.05, 3.63) is 30.0 Å². The van der Waals surface area contributed by atoms with Crippen LogP contribution in [-0.2, 0) is 9.47 Å². The summed E-state index contributed by atoms with van der Waals surface area (Å²) in [5, 5.41) is 15.1. The van der Waals surface area contributed by atoms with Gasteiger partial charge in [0.05, 0.1) is 33.6 Å². The Bertz CT molecular complexity index is 1090. The highest BCUT2D eigenvalue weighted by Crippen LogP contribution is 2.44. The summed E-state index contributed by atoms with van der Waals surface area (Å²) in [7, 11) is 0. The van der Waals surface area contributed by atoms with Crippen LogP contribution >= 0.6 is 23.1 Å². The summed E-state index contributed by atoms with van der Waals surface area (Å²) >= 11 is 3.15. The smallest absolute Gasteiger partial charge is 0.189 e. The topological polar surface area (TPSA) is 89.4 Å². The van der Waals surface area contributed by atoms with Crippen molar-refractivity contribution in [2.24, 2.45) is 5.92 Å². The standard InChI is InChI=1S/C22H26N4O3S2/c1-11-16(20-25-13-7-5-6-8-15(13)31-20)19(26-21(23-11)30-4)24-14-9-12(10-27)17-18(14)29-22(2,3)28-17/h5-8,12,14,17-18,27H,9-10H2,1-4H3,(H,23,24,26)/t12-,14-,17-,18+/m1/s1. The van der Waals surface area contributed by atoms with E-state index in [2.05, 4.69) is 16.4 Å². The summed E-state index contributed by atoms with van der Waals surface area (Å²) in [5.74, 6) is 0.120. The lowest BCUT2D eigenvalue weighted by atomic mass is 10.1. The first kappa shape index (κ1) is 21.1. The average molecular weight is 459 g/mol. The summed E-state index contributed by atoms with van der Waals surface area (Å²) < 4.78 is 13.4. The molecule has 31 heavy (non-hydrogen) atoms. The summed E-state index contributed by atoms with van der Waals surface area (Å²) in [6.45, 7) is 5.91. The molecule has 1 aliphatic heterocycles. The molecule has 1 aliphatic carbocycles. The van der Waals surface area contributed by atoms with Crippen molar-refractivity contribution in [3.63, 3.8) is 0 Å². The number of aliphatic hydroxyl groups is 1. The van der Waals surface area contributed by atoms with Crippen molar-refractivity contribution in [2.75, 3.05) is 18.2 Å². The van der Waals surface area contributed by atoms with Crippen LogP contribution < -0.4 is 5.32 Å². The summed E-state index contributed by atoms with van der Waals surface area (Å²) in [5.41, 5.74) is 2.77. The van der Waals surface area contributed by atoms with Gasteiger partial charge in [0.15, 0.2) is 10.9 Å². The van der Waals surface area contributed by atoms with Crippen LogP contribution in [0.5, 0.6) is 0 Å². The third-order valence-corrected chi connectivity index (χ3v) is 7.50. The molecule has 5 rings (SSSR count). The normalized spacial score (nSPS) is 27.0. The molecule has 9 heteroatoms. The van der Waals surface area contributed by atoms with Crippen molar-refractivity contribution >= 4 is 39.1 Å². The molecular formula is C22H26N4O3S2. The number of nitrogens with zero attached hydrogens (tertiary/aromatic N) is 3. The van der Waals surface area contributed by atoms with Gasteiger partial charge in [-0.1, -0.05) is 23.9 Å². The van der Waals surface area contributed by atoms with Gasteiger partial charge in [0.25, 0.3) is 0 Å². The van der Waals surface area contributed by atoms with Crippen molar-refractivity contribution in [3.8, 4) is 10.6 Å². The molecular weight excluding hydrogens is 432 g/mol. The van der Waals surface area contributed by atoms with Crippen LogP contribution in [0, 0.1) is 12.8 Å². The Balaban J connectivity index is 1.55. The summed E-state index contributed by atoms with van der Waals surface area (Å²) in [4.78, 5) is 14.3. The van der Waals surface area contributed by atoms with E-state index in [9.17, 15) is 5.11 Å². The van der Waals surface area contributed by atoms with Crippen LogP contribution in [0.2, 0.25) is 0 Å². The number of nitrogens with one attached hydrogen (secondary N) is 1. The number of anilines is 1. The van der Waals surface area contributed by atoms with Crippen LogP contribution in [0.3, 0.4) is 0 Å². The molecule has 3 heterocycles. The molecule has 1 saturated heterocycles. The molecule has 2 aliphatic rings. The van der Waals surface area contributed by atoms with Crippen LogP contribution in [0.1, 0.15) is 26.0 Å². The van der Waals surface area contributed by atoms with Gasteiger partial charge in [-0.15, -0.1) is 11.3 Å². The second-order valence-electron chi connectivity index (χ2n) is 8.50. The van der Waals surface area contributed by atoms with Crippen LogP contribution in [-0.4, -0.2) is 57.0 Å². The largest absolute Gasteiger partial charge is 0.396 e. The van der Waals surface area contributed by atoms with Crippen LogP contribution in [0.15, 0.2) is 29.4 Å².